The van der Waals surface area contributed by atoms with Gasteiger partial charge in [0.2, 0.25) is 0 Å². The minimum absolute atomic E-state index is 0.707. The first-order chi connectivity index (χ1) is 9.90. The quantitative estimate of drug-likeness (QED) is 0.850. The lowest BCUT2D eigenvalue weighted by molar-refractivity contribution is 0.354. The number of fused-ring (bicyclic) bond motifs is 1. The van der Waals surface area contributed by atoms with E-state index in [2.05, 4.69) is 24.4 Å². The molecule has 0 bridgehead atoms. The van der Waals surface area contributed by atoms with Crippen LogP contribution in [0, 0.1) is 5.92 Å². The molecule has 0 N–H and O–H groups in total. The molecule has 1 saturated heterocycles. The summed E-state index contributed by atoms with van der Waals surface area (Å²) in [5.41, 5.74) is 2.68. The van der Waals surface area contributed by atoms with Gasteiger partial charge in [-0.25, -0.2) is 15.0 Å². The third-order valence-electron chi connectivity index (χ3n) is 4.39. The second-order valence-electron chi connectivity index (χ2n) is 5.86. The summed E-state index contributed by atoms with van der Waals surface area (Å²) in [6.07, 6.45) is 12.3. The van der Waals surface area contributed by atoms with Crippen molar-refractivity contribution >= 4 is 5.82 Å². The average Bonchev–Trinajstić information content (AvgIpc) is 2.95. The average molecular weight is 269 g/mol. The maximum atomic E-state index is 4.54. The second kappa shape index (κ2) is 4.89. The fourth-order valence-electron chi connectivity index (χ4n) is 3.33. The first-order valence-electron chi connectivity index (χ1n) is 7.43. The van der Waals surface area contributed by atoms with Crippen LogP contribution in [0.5, 0.6) is 0 Å². The molecular formula is C15H19N5. The van der Waals surface area contributed by atoms with Crippen molar-refractivity contribution in [2.75, 3.05) is 18.0 Å². The van der Waals surface area contributed by atoms with Gasteiger partial charge in [0.25, 0.3) is 0 Å². The van der Waals surface area contributed by atoms with Crippen molar-refractivity contribution in [3.63, 3.8) is 0 Å². The summed E-state index contributed by atoms with van der Waals surface area (Å²) >= 11 is 0. The van der Waals surface area contributed by atoms with Gasteiger partial charge in [0, 0.05) is 49.2 Å². The second-order valence-corrected chi connectivity index (χ2v) is 5.86. The molecule has 0 aromatic carbocycles. The Morgan fingerprint density at radius 1 is 1.15 bits per heavy atom. The highest BCUT2D eigenvalue weighted by atomic mass is 15.3. The highest BCUT2D eigenvalue weighted by Gasteiger charge is 2.30. The van der Waals surface area contributed by atoms with Crippen molar-refractivity contribution in [3.05, 3.63) is 36.3 Å². The van der Waals surface area contributed by atoms with Crippen LogP contribution < -0.4 is 4.90 Å². The molecule has 0 unspecified atom stereocenters. The number of anilines is 1. The Bertz CT molecular complexity index is 586. The zero-order chi connectivity index (χ0) is 13.4. The Labute approximate surface area is 118 Å². The molecule has 4 rings (SSSR count). The molecular weight excluding hydrogens is 250 g/mol. The third kappa shape index (κ3) is 2.07. The van der Waals surface area contributed by atoms with E-state index in [1.54, 1.807) is 6.33 Å². The van der Waals surface area contributed by atoms with Crippen LogP contribution in [0.25, 0.3) is 0 Å². The van der Waals surface area contributed by atoms with E-state index in [0.717, 1.165) is 32.5 Å². The number of nitrogens with zero attached hydrogens (tertiary/aromatic N) is 5. The van der Waals surface area contributed by atoms with Crippen LogP contribution in [0.4, 0.5) is 5.82 Å². The molecule has 0 radical (unpaired) electrons. The largest absolute Gasteiger partial charge is 0.355 e. The normalized spacial score (nSPS) is 18.7. The van der Waals surface area contributed by atoms with Crippen molar-refractivity contribution in [2.24, 2.45) is 5.92 Å². The Kier molecular flexibility index (Phi) is 2.90. The van der Waals surface area contributed by atoms with E-state index < -0.39 is 0 Å². The highest BCUT2D eigenvalue weighted by Crippen LogP contribution is 2.31. The van der Waals surface area contributed by atoms with Crippen LogP contribution >= 0.6 is 0 Å². The molecule has 2 aromatic heterocycles. The third-order valence-corrected chi connectivity index (χ3v) is 4.39. The summed E-state index contributed by atoms with van der Waals surface area (Å²) in [6, 6.07) is 0. The predicted octanol–water partition coefficient (Wildman–Crippen LogP) is 1.69. The van der Waals surface area contributed by atoms with Gasteiger partial charge in [0.1, 0.15) is 12.1 Å². The first-order valence-corrected chi connectivity index (χ1v) is 7.43. The van der Waals surface area contributed by atoms with Gasteiger partial charge >= 0.3 is 0 Å². The molecule has 1 aliphatic carbocycles. The molecule has 0 atom stereocenters. The number of hydrogen-bond acceptors (Lipinski definition) is 4. The topological polar surface area (TPSA) is 46.8 Å². The van der Waals surface area contributed by atoms with Gasteiger partial charge in [-0.2, -0.15) is 0 Å². The number of hydrogen-bond donors (Lipinski definition) is 0. The van der Waals surface area contributed by atoms with Gasteiger partial charge in [-0.15, -0.1) is 0 Å². The predicted molar refractivity (Wildman–Crippen MR) is 76.6 cm³/mol. The summed E-state index contributed by atoms with van der Waals surface area (Å²) < 4.78 is 2.16. The standard InChI is InChI=1S/C15H19N5/c1-2-4-14-13(3-1)15(18-10-17-14)20-8-12(9-20)7-19-6-5-16-11-19/h5-6,10-12H,1-4,7-9H2. The Morgan fingerprint density at radius 3 is 2.90 bits per heavy atom. The van der Waals surface area contributed by atoms with Crippen LogP contribution in [-0.2, 0) is 19.4 Å². The van der Waals surface area contributed by atoms with Gasteiger partial charge in [0.05, 0.1) is 6.33 Å². The van der Waals surface area contributed by atoms with E-state index >= 15 is 0 Å². The van der Waals surface area contributed by atoms with Crippen LogP contribution in [0.2, 0.25) is 0 Å². The van der Waals surface area contributed by atoms with Crippen LogP contribution in [-0.4, -0.2) is 32.6 Å². The minimum Gasteiger partial charge on any atom is -0.355 e. The van der Waals surface area contributed by atoms with Gasteiger partial charge in [-0.05, 0) is 25.7 Å². The Balaban J connectivity index is 1.45. The highest BCUT2D eigenvalue weighted by molar-refractivity contribution is 5.51. The first kappa shape index (κ1) is 11.9. The lowest BCUT2D eigenvalue weighted by Crippen LogP contribution is -2.49. The molecule has 1 fully saturated rings. The van der Waals surface area contributed by atoms with Crippen LogP contribution in [0.1, 0.15) is 24.1 Å². The number of rotatable bonds is 3. The molecule has 0 amide bonds. The lowest BCUT2D eigenvalue weighted by atomic mass is 9.93. The summed E-state index contributed by atoms with van der Waals surface area (Å²) in [7, 11) is 0. The van der Waals surface area contributed by atoms with Crippen LogP contribution in [0.3, 0.4) is 0 Å². The minimum atomic E-state index is 0.707. The lowest BCUT2D eigenvalue weighted by Gasteiger charge is -2.41. The van der Waals surface area contributed by atoms with Crippen LogP contribution in [0.15, 0.2) is 25.0 Å². The van der Waals surface area contributed by atoms with E-state index in [9.17, 15) is 0 Å². The van der Waals surface area contributed by atoms with Crippen molar-refractivity contribution in [2.45, 2.75) is 32.2 Å². The monoisotopic (exact) mass is 269 g/mol. The zero-order valence-corrected chi connectivity index (χ0v) is 11.6. The number of aryl methyl sites for hydroxylation is 1. The number of aromatic nitrogens is 4. The molecule has 20 heavy (non-hydrogen) atoms. The van der Waals surface area contributed by atoms with Crippen molar-refractivity contribution in [3.8, 4) is 0 Å². The van der Waals surface area contributed by atoms with Gasteiger partial charge in [0.15, 0.2) is 0 Å². The fourth-order valence-corrected chi connectivity index (χ4v) is 3.33. The van der Waals surface area contributed by atoms with Gasteiger partial charge in [-0.1, -0.05) is 0 Å². The summed E-state index contributed by atoms with van der Waals surface area (Å²) in [4.78, 5) is 15.5. The summed E-state index contributed by atoms with van der Waals surface area (Å²) in [6.45, 7) is 3.26. The van der Waals surface area contributed by atoms with Gasteiger partial charge < -0.3 is 9.47 Å². The van der Waals surface area contributed by atoms with E-state index in [-0.39, 0.29) is 0 Å². The van der Waals surface area contributed by atoms with E-state index in [4.69, 9.17) is 0 Å². The Morgan fingerprint density at radius 2 is 2.05 bits per heavy atom. The maximum Gasteiger partial charge on any atom is 0.135 e. The Hall–Kier alpha value is -1.91. The van der Waals surface area contributed by atoms with E-state index in [0.29, 0.717) is 5.92 Å². The number of imidazole rings is 1. The maximum absolute atomic E-state index is 4.54. The molecule has 5 nitrogen and oxygen atoms in total. The van der Waals surface area contributed by atoms with E-state index in [1.165, 1.54) is 29.9 Å². The van der Waals surface area contributed by atoms with Crippen molar-refractivity contribution in [1.29, 1.82) is 0 Å². The SMILES string of the molecule is c1cn(CC2CN(c3ncnc4c3CCCC4)C2)cn1. The fraction of sp³-hybridized carbons (Fsp3) is 0.533. The molecule has 2 aromatic rings. The van der Waals surface area contributed by atoms with Crippen molar-refractivity contribution in [1.82, 2.24) is 19.5 Å². The molecule has 1 aliphatic heterocycles. The van der Waals surface area contributed by atoms with Crippen molar-refractivity contribution < 1.29 is 0 Å². The molecule has 0 saturated carbocycles. The summed E-state index contributed by atoms with van der Waals surface area (Å²) in [5, 5.41) is 0. The molecule has 3 heterocycles. The molecule has 2 aliphatic rings. The van der Waals surface area contributed by atoms with Gasteiger partial charge in [-0.3, -0.25) is 0 Å². The zero-order valence-electron chi connectivity index (χ0n) is 11.6. The molecule has 0 spiro atoms. The molecule has 104 valence electrons. The molecule has 5 heteroatoms. The summed E-state index contributed by atoms with van der Waals surface area (Å²) in [5.74, 6) is 1.90. The van der Waals surface area contributed by atoms with E-state index in [1.807, 2.05) is 18.7 Å². The smallest absolute Gasteiger partial charge is 0.135 e.